The number of ether oxygens (including phenoxy) is 1. The first-order valence-corrected chi connectivity index (χ1v) is 8.65. The van der Waals surface area contributed by atoms with Gasteiger partial charge < -0.3 is 19.8 Å². The minimum absolute atomic E-state index is 0. The summed E-state index contributed by atoms with van der Waals surface area (Å²) in [6, 6.07) is 7.74. The third kappa shape index (κ3) is 8.55. The van der Waals surface area contributed by atoms with Gasteiger partial charge in [0.25, 0.3) is 0 Å². The van der Waals surface area contributed by atoms with E-state index in [1.807, 2.05) is 52.0 Å². The van der Waals surface area contributed by atoms with E-state index in [1.165, 1.54) is 0 Å². The van der Waals surface area contributed by atoms with Gasteiger partial charge in [-0.2, -0.15) is 0 Å². The number of halogens is 1. The molecule has 0 saturated carbocycles. The minimum atomic E-state index is -0.247. The zero-order chi connectivity index (χ0) is 18.1. The Morgan fingerprint density at radius 1 is 1.23 bits per heavy atom. The Balaban J connectivity index is 0.00000338. The maximum atomic E-state index is 5.73. The quantitative estimate of drug-likeness (QED) is 0.365. The van der Waals surface area contributed by atoms with Crippen molar-refractivity contribution in [2.75, 3.05) is 13.1 Å². The summed E-state index contributed by atoms with van der Waals surface area (Å²) in [7, 11) is 0. The maximum absolute atomic E-state index is 5.73. The van der Waals surface area contributed by atoms with Crippen LogP contribution in [0.1, 0.15) is 39.0 Å². The Morgan fingerprint density at radius 3 is 2.62 bits per heavy atom. The molecule has 26 heavy (non-hydrogen) atoms. The van der Waals surface area contributed by atoms with Crippen LogP contribution in [0.25, 0.3) is 0 Å². The van der Waals surface area contributed by atoms with Crippen LogP contribution in [0, 0.1) is 0 Å². The fourth-order valence-corrected chi connectivity index (χ4v) is 2.15. The SMILES string of the molecule is CCNC(=NCc1ccc(OC(C)(C)C)nc1)NCCc1ccco1.I. The van der Waals surface area contributed by atoms with Crippen LogP contribution in [0.5, 0.6) is 5.88 Å². The molecule has 144 valence electrons. The van der Waals surface area contributed by atoms with E-state index in [9.17, 15) is 0 Å². The van der Waals surface area contributed by atoms with Crippen LogP contribution >= 0.6 is 24.0 Å². The number of pyridine rings is 1. The van der Waals surface area contributed by atoms with Gasteiger partial charge in [0.1, 0.15) is 11.4 Å². The van der Waals surface area contributed by atoms with E-state index in [4.69, 9.17) is 9.15 Å². The van der Waals surface area contributed by atoms with Gasteiger partial charge in [0, 0.05) is 31.8 Å². The summed E-state index contributed by atoms with van der Waals surface area (Å²) in [6.45, 7) is 10.2. The van der Waals surface area contributed by atoms with E-state index < -0.39 is 0 Å². The molecule has 0 aliphatic heterocycles. The van der Waals surface area contributed by atoms with E-state index in [2.05, 4.69) is 20.6 Å². The average Bonchev–Trinajstić information content (AvgIpc) is 3.06. The van der Waals surface area contributed by atoms with E-state index in [-0.39, 0.29) is 29.6 Å². The van der Waals surface area contributed by atoms with E-state index in [1.54, 1.807) is 12.5 Å². The summed E-state index contributed by atoms with van der Waals surface area (Å²) >= 11 is 0. The highest BCUT2D eigenvalue weighted by molar-refractivity contribution is 14.0. The normalized spacial score (nSPS) is 11.6. The molecule has 0 unspecified atom stereocenters. The van der Waals surface area contributed by atoms with Gasteiger partial charge >= 0.3 is 0 Å². The number of hydrogen-bond donors (Lipinski definition) is 2. The highest BCUT2D eigenvalue weighted by Gasteiger charge is 2.12. The molecule has 2 aromatic heterocycles. The van der Waals surface area contributed by atoms with Crippen molar-refractivity contribution in [2.45, 2.75) is 46.3 Å². The van der Waals surface area contributed by atoms with E-state index >= 15 is 0 Å². The number of hydrogen-bond acceptors (Lipinski definition) is 4. The van der Waals surface area contributed by atoms with E-state index in [0.29, 0.717) is 12.4 Å². The van der Waals surface area contributed by atoms with Crippen molar-refractivity contribution in [3.05, 3.63) is 48.0 Å². The van der Waals surface area contributed by atoms with Crippen molar-refractivity contribution >= 4 is 29.9 Å². The molecule has 0 radical (unpaired) electrons. The molecule has 2 heterocycles. The molecule has 0 atom stereocenters. The van der Waals surface area contributed by atoms with Gasteiger partial charge in [-0.25, -0.2) is 9.98 Å². The Hall–Kier alpha value is -1.77. The van der Waals surface area contributed by atoms with Crippen LogP contribution in [0.3, 0.4) is 0 Å². The van der Waals surface area contributed by atoms with Crippen molar-refractivity contribution < 1.29 is 9.15 Å². The lowest BCUT2D eigenvalue weighted by Crippen LogP contribution is -2.38. The summed E-state index contributed by atoms with van der Waals surface area (Å²) in [5.74, 6) is 2.37. The molecular formula is C19H29IN4O2. The van der Waals surface area contributed by atoms with Gasteiger partial charge in [-0.3, -0.25) is 0 Å². The first-order chi connectivity index (χ1) is 12.0. The molecule has 2 rings (SSSR count). The number of nitrogens with zero attached hydrogens (tertiary/aromatic N) is 2. The molecule has 0 fully saturated rings. The number of rotatable bonds is 7. The Labute approximate surface area is 172 Å². The fourth-order valence-electron chi connectivity index (χ4n) is 2.15. The van der Waals surface area contributed by atoms with Crippen molar-refractivity contribution in [2.24, 2.45) is 4.99 Å². The van der Waals surface area contributed by atoms with Crippen LogP contribution in [-0.2, 0) is 13.0 Å². The highest BCUT2D eigenvalue weighted by Crippen LogP contribution is 2.15. The zero-order valence-corrected chi connectivity index (χ0v) is 18.2. The molecule has 2 N–H and O–H groups in total. The summed E-state index contributed by atoms with van der Waals surface area (Å²) in [6.07, 6.45) is 4.31. The number of aliphatic imine (C=N–C) groups is 1. The van der Waals surface area contributed by atoms with E-state index in [0.717, 1.165) is 36.8 Å². The fraction of sp³-hybridized carbons (Fsp3) is 0.474. The number of aromatic nitrogens is 1. The van der Waals surface area contributed by atoms with Crippen LogP contribution in [0.2, 0.25) is 0 Å². The molecule has 7 heteroatoms. The molecular weight excluding hydrogens is 443 g/mol. The summed E-state index contributed by atoms with van der Waals surface area (Å²) < 4.78 is 11.1. The first kappa shape index (κ1) is 22.3. The zero-order valence-electron chi connectivity index (χ0n) is 15.9. The topological polar surface area (TPSA) is 71.7 Å². The summed E-state index contributed by atoms with van der Waals surface area (Å²) in [4.78, 5) is 8.93. The van der Waals surface area contributed by atoms with Crippen molar-refractivity contribution in [3.63, 3.8) is 0 Å². The predicted octanol–water partition coefficient (Wildman–Crippen LogP) is 3.77. The second-order valence-corrected chi connectivity index (χ2v) is 6.67. The molecule has 0 aromatic carbocycles. The summed E-state index contributed by atoms with van der Waals surface area (Å²) in [5, 5.41) is 6.54. The lowest BCUT2D eigenvalue weighted by molar-refractivity contribution is 0.124. The van der Waals surface area contributed by atoms with Crippen LogP contribution in [0.4, 0.5) is 0 Å². The van der Waals surface area contributed by atoms with Crippen LogP contribution in [-0.4, -0.2) is 29.6 Å². The van der Waals surface area contributed by atoms with Gasteiger partial charge in [-0.1, -0.05) is 6.07 Å². The molecule has 0 saturated heterocycles. The molecule has 0 spiro atoms. The highest BCUT2D eigenvalue weighted by atomic mass is 127. The van der Waals surface area contributed by atoms with Crippen LogP contribution in [0.15, 0.2) is 46.1 Å². The smallest absolute Gasteiger partial charge is 0.213 e. The summed E-state index contributed by atoms with van der Waals surface area (Å²) in [5.41, 5.74) is 0.785. The maximum Gasteiger partial charge on any atom is 0.213 e. The second kappa shape index (κ2) is 11.1. The van der Waals surface area contributed by atoms with Gasteiger partial charge in [0.2, 0.25) is 5.88 Å². The van der Waals surface area contributed by atoms with Crippen molar-refractivity contribution in [3.8, 4) is 5.88 Å². The predicted molar refractivity (Wildman–Crippen MR) is 115 cm³/mol. The Bertz CT molecular complexity index is 649. The van der Waals surface area contributed by atoms with Crippen LogP contribution < -0.4 is 15.4 Å². The first-order valence-electron chi connectivity index (χ1n) is 8.65. The lowest BCUT2D eigenvalue weighted by atomic mass is 10.2. The van der Waals surface area contributed by atoms with Gasteiger partial charge in [0.15, 0.2) is 5.96 Å². The molecule has 2 aromatic rings. The molecule has 0 aliphatic rings. The average molecular weight is 472 g/mol. The minimum Gasteiger partial charge on any atom is -0.472 e. The third-order valence-electron chi connectivity index (χ3n) is 3.22. The molecule has 0 bridgehead atoms. The van der Waals surface area contributed by atoms with Gasteiger partial charge in [-0.15, -0.1) is 24.0 Å². The monoisotopic (exact) mass is 472 g/mol. The lowest BCUT2D eigenvalue weighted by Gasteiger charge is -2.20. The Kier molecular flexibility index (Phi) is 9.47. The standard InChI is InChI=1S/C19H28N4O2.HI/c1-5-20-18(21-11-10-16-7-6-12-24-16)23-14-15-8-9-17(22-13-15)25-19(2,3)4;/h6-9,12-13H,5,10-11,14H2,1-4H3,(H2,20,21,23);1H. The van der Waals surface area contributed by atoms with Gasteiger partial charge in [0.05, 0.1) is 12.8 Å². The van der Waals surface area contributed by atoms with Crippen molar-refractivity contribution in [1.29, 1.82) is 0 Å². The largest absolute Gasteiger partial charge is 0.472 e. The van der Waals surface area contributed by atoms with Crippen molar-refractivity contribution in [1.82, 2.24) is 15.6 Å². The Morgan fingerprint density at radius 2 is 2.04 bits per heavy atom. The molecule has 0 amide bonds. The molecule has 6 nitrogen and oxygen atoms in total. The van der Waals surface area contributed by atoms with Gasteiger partial charge in [-0.05, 0) is 45.4 Å². The second-order valence-electron chi connectivity index (χ2n) is 6.67. The molecule has 0 aliphatic carbocycles. The number of furan rings is 1. The number of nitrogens with one attached hydrogen (secondary N) is 2. The third-order valence-corrected chi connectivity index (χ3v) is 3.22. The number of guanidine groups is 1.